The average Bonchev–Trinajstić information content (AvgIpc) is 3.74. The van der Waals surface area contributed by atoms with Gasteiger partial charge in [-0.1, -0.05) is 121 Å². The Bertz CT molecular complexity index is 2850. The summed E-state index contributed by atoms with van der Waals surface area (Å²) in [6.07, 6.45) is 0. The van der Waals surface area contributed by atoms with Crippen molar-refractivity contribution in [3.8, 4) is 50.5 Å². The molecule has 10 rings (SSSR count). The third kappa shape index (κ3) is 4.63. The van der Waals surface area contributed by atoms with Crippen molar-refractivity contribution in [2.24, 2.45) is 0 Å². The van der Waals surface area contributed by atoms with Gasteiger partial charge in [0, 0.05) is 33.0 Å². The molecule has 3 heterocycles. The summed E-state index contributed by atoms with van der Waals surface area (Å²) >= 11 is 0. The number of hydrogen-bond donors (Lipinski definition) is 0. The van der Waals surface area contributed by atoms with Crippen LogP contribution in [0.5, 0.6) is 0 Å². The van der Waals surface area contributed by atoms with Gasteiger partial charge in [-0.3, -0.25) is 0 Å². The molecule has 0 spiro atoms. The number of benzene rings is 7. The van der Waals surface area contributed by atoms with E-state index in [1.807, 2.05) is 6.07 Å². The van der Waals surface area contributed by atoms with Crippen molar-refractivity contribution in [1.82, 2.24) is 9.55 Å². The first kappa shape index (κ1) is 28.3. The van der Waals surface area contributed by atoms with E-state index in [1.165, 1.54) is 27.4 Å². The Morgan fingerprint density at radius 3 is 1.80 bits per heavy atom. The SMILES string of the molecule is c1ccc(-c2cccc(-c3cc(-c4ccc5c(c4)oc4ccc6c7ccccc7n(-c7ccccc7)c6c45)cc(-c4ccccc4)n3)c2)cc1. The second-order valence-corrected chi connectivity index (χ2v) is 12.8. The fourth-order valence-electron chi connectivity index (χ4n) is 7.43. The minimum absolute atomic E-state index is 0.862. The molecule has 3 aromatic heterocycles. The van der Waals surface area contributed by atoms with Crippen LogP contribution in [-0.4, -0.2) is 9.55 Å². The van der Waals surface area contributed by atoms with Gasteiger partial charge in [0.25, 0.3) is 0 Å². The van der Waals surface area contributed by atoms with E-state index in [-0.39, 0.29) is 0 Å². The van der Waals surface area contributed by atoms with Crippen LogP contribution >= 0.6 is 0 Å². The molecule has 234 valence electrons. The number of nitrogens with zero attached hydrogens (tertiary/aromatic N) is 2. The van der Waals surface area contributed by atoms with Crippen LogP contribution in [0, 0.1) is 0 Å². The molecule has 0 radical (unpaired) electrons. The van der Waals surface area contributed by atoms with Crippen LogP contribution in [0.1, 0.15) is 0 Å². The van der Waals surface area contributed by atoms with E-state index < -0.39 is 0 Å². The number of rotatable bonds is 5. The number of furan rings is 1. The summed E-state index contributed by atoms with van der Waals surface area (Å²) < 4.78 is 9.05. The average molecular weight is 639 g/mol. The van der Waals surface area contributed by atoms with Crippen molar-refractivity contribution in [3.05, 3.63) is 182 Å². The number of fused-ring (bicyclic) bond motifs is 7. The third-order valence-electron chi connectivity index (χ3n) is 9.78. The van der Waals surface area contributed by atoms with Crippen LogP contribution in [-0.2, 0) is 0 Å². The summed E-state index contributed by atoms with van der Waals surface area (Å²) in [6.45, 7) is 0. The van der Waals surface area contributed by atoms with E-state index >= 15 is 0 Å². The summed E-state index contributed by atoms with van der Waals surface area (Å²) in [5.74, 6) is 0. The molecule has 50 heavy (non-hydrogen) atoms. The maximum atomic E-state index is 6.68. The van der Waals surface area contributed by atoms with Gasteiger partial charge in [-0.25, -0.2) is 4.98 Å². The summed E-state index contributed by atoms with van der Waals surface area (Å²) in [4.78, 5) is 5.20. The zero-order valence-electron chi connectivity index (χ0n) is 27.1. The highest BCUT2D eigenvalue weighted by Gasteiger charge is 2.19. The summed E-state index contributed by atoms with van der Waals surface area (Å²) in [6, 6.07) is 64.2. The van der Waals surface area contributed by atoms with E-state index in [1.54, 1.807) is 0 Å². The van der Waals surface area contributed by atoms with Gasteiger partial charge >= 0.3 is 0 Å². The van der Waals surface area contributed by atoms with Gasteiger partial charge in [0.2, 0.25) is 0 Å². The van der Waals surface area contributed by atoms with E-state index in [0.29, 0.717) is 0 Å². The van der Waals surface area contributed by atoms with Gasteiger partial charge in [-0.15, -0.1) is 0 Å². The summed E-state index contributed by atoms with van der Waals surface area (Å²) in [7, 11) is 0. The maximum Gasteiger partial charge on any atom is 0.137 e. The lowest BCUT2D eigenvalue weighted by Crippen LogP contribution is -1.93. The van der Waals surface area contributed by atoms with Crippen molar-refractivity contribution in [2.75, 3.05) is 0 Å². The third-order valence-corrected chi connectivity index (χ3v) is 9.78. The molecule has 0 fully saturated rings. The highest BCUT2D eigenvalue weighted by atomic mass is 16.3. The van der Waals surface area contributed by atoms with Crippen LogP contribution in [0.25, 0.3) is 94.2 Å². The van der Waals surface area contributed by atoms with Crippen LogP contribution in [0.3, 0.4) is 0 Å². The lowest BCUT2D eigenvalue weighted by molar-refractivity contribution is 0.669. The van der Waals surface area contributed by atoms with Crippen molar-refractivity contribution in [2.45, 2.75) is 0 Å². The Kier molecular flexibility index (Phi) is 6.49. The van der Waals surface area contributed by atoms with Gasteiger partial charge in [0.1, 0.15) is 11.2 Å². The molecule has 7 aromatic carbocycles. The topological polar surface area (TPSA) is 31.0 Å². The first-order valence-electron chi connectivity index (χ1n) is 17.0. The van der Waals surface area contributed by atoms with Crippen LogP contribution in [0.4, 0.5) is 0 Å². The molecular weight excluding hydrogens is 609 g/mol. The molecule has 0 atom stereocenters. The smallest absolute Gasteiger partial charge is 0.137 e. The molecule has 0 saturated heterocycles. The fourth-order valence-corrected chi connectivity index (χ4v) is 7.43. The van der Waals surface area contributed by atoms with Crippen LogP contribution < -0.4 is 0 Å². The molecule has 0 saturated carbocycles. The molecule has 10 aromatic rings. The number of pyridine rings is 1. The minimum Gasteiger partial charge on any atom is -0.456 e. The Hall–Kier alpha value is -6.71. The van der Waals surface area contributed by atoms with E-state index in [2.05, 4.69) is 180 Å². The summed E-state index contributed by atoms with van der Waals surface area (Å²) in [5.41, 5.74) is 13.8. The highest BCUT2D eigenvalue weighted by Crippen LogP contribution is 2.42. The van der Waals surface area contributed by atoms with E-state index in [9.17, 15) is 0 Å². The van der Waals surface area contributed by atoms with Gasteiger partial charge in [-0.05, 0) is 82.9 Å². The molecule has 0 unspecified atom stereocenters. The Balaban J connectivity index is 1.17. The van der Waals surface area contributed by atoms with Crippen LogP contribution in [0.15, 0.2) is 186 Å². The number of para-hydroxylation sites is 2. The molecule has 0 bridgehead atoms. The Morgan fingerprint density at radius 1 is 0.380 bits per heavy atom. The zero-order valence-corrected chi connectivity index (χ0v) is 27.1. The monoisotopic (exact) mass is 638 g/mol. The van der Waals surface area contributed by atoms with Crippen LogP contribution in [0.2, 0.25) is 0 Å². The van der Waals surface area contributed by atoms with E-state index in [4.69, 9.17) is 9.40 Å². The van der Waals surface area contributed by atoms with E-state index in [0.717, 1.165) is 66.8 Å². The molecule has 0 aliphatic heterocycles. The largest absolute Gasteiger partial charge is 0.456 e. The first-order valence-corrected chi connectivity index (χ1v) is 17.0. The summed E-state index contributed by atoms with van der Waals surface area (Å²) in [5, 5.41) is 4.67. The van der Waals surface area contributed by atoms with Gasteiger partial charge in [0.15, 0.2) is 0 Å². The van der Waals surface area contributed by atoms with Crippen molar-refractivity contribution in [3.63, 3.8) is 0 Å². The molecule has 0 N–H and O–H groups in total. The normalized spacial score (nSPS) is 11.6. The maximum absolute atomic E-state index is 6.68. The number of hydrogen-bond acceptors (Lipinski definition) is 2. The molecule has 3 nitrogen and oxygen atoms in total. The first-order chi connectivity index (χ1) is 24.8. The van der Waals surface area contributed by atoms with Gasteiger partial charge in [0.05, 0.1) is 27.8 Å². The predicted molar refractivity (Wildman–Crippen MR) is 208 cm³/mol. The highest BCUT2D eigenvalue weighted by molar-refractivity contribution is 6.24. The quantitative estimate of drug-likeness (QED) is 0.188. The molecule has 0 amide bonds. The lowest BCUT2D eigenvalue weighted by Gasteiger charge is -2.11. The fraction of sp³-hybridized carbons (Fsp3) is 0. The Morgan fingerprint density at radius 2 is 1.00 bits per heavy atom. The second kappa shape index (κ2) is 11.5. The second-order valence-electron chi connectivity index (χ2n) is 12.8. The molecule has 0 aliphatic carbocycles. The Labute approximate surface area is 289 Å². The molecule has 0 aliphatic rings. The van der Waals surface area contributed by atoms with Gasteiger partial charge < -0.3 is 8.98 Å². The molecule has 3 heteroatoms. The van der Waals surface area contributed by atoms with Crippen molar-refractivity contribution < 1.29 is 4.42 Å². The van der Waals surface area contributed by atoms with Crippen molar-refractivity contribution in [1.29, 1.82) is 0 Å². The van der Waals surface area contributed by atoms with Crippen molar-refractivity contribution >= 4 is 43.7 Å². The standard InChI is InChI=1S/C47H30N2O/c1-4-13-31(14-5-1)33-17-12-18-35(27-33)42-29-36(28-41(48-42)32-15-6-2-7-16-32)34-23-24-40-45(30-34)50-44-26-25-39-38-21-10-11-22-43(38)49(47(39)46(40)44)37-19-8-3-9-20-37/h1-30H. The number of aromatic nitrogens is 2. The van der Waals surface area contributed by atoms with Gasteiger partial charge in [-0.2, -0.15) is 0 Å². The minimum atomic E-state index is 0.862. The zero-order chi connectivity index (χ0) is 33.0. The molecular formula is C47H30N2O. The lowest BCUT2D eigenvalue weighted by atomic mass is 9.97. The predicted octanol–water partition coefficient (Wildman–Crippen LogP) is 12.7.